The zero-order valence-electron chi connectivity index (χ0n) is 16.4. The van der Waals surface area contributed by atoms with Crippen molar-refractivity contribution in [1.29, 1.82) is 0 Å². The van der Waals surface area contributed by atoms with Gasteiger partial charge in [0.1, 0.15) is 16.6 Å². The Hall–Kier alpha value is -2.51. The Bertz CT molecular complexity index is 1020. The Balaban J connectivity index is 1.47. The summed E-state index contributed by atoms with van der Waals surface area (Å²) in [6.45, 7) is 6.41. The van der Waals surface area contributed by atoms with Crippen LogP contribution in [0.2, 0.25) is 0 Å². The second-order valence-corrected chi connectivity index (χ2v) is 8.47. The second kappa shape index (κ2) is 7.85. The molecule has 7 heteroatoms. The van der Waals surface area contributed by atoms with Gasteiger partial charge in [-0.15, -0.1) is 11.3 Å². The molecule has 28 heavy (non-hydrogen) atoms. The number of methoxy groups -OCH3 is 1. The summed E-state index contributed by atoms with van der Waals surface area (Å²) in [6.07, 6.45) is 2.74. The monoisotopic (exact) mass is 396 g/mol. The summed E-state index contributed by atoms with van der Waals surface area (Å²) in [4.78, 5) is 28.2. The highest BCUT2D eigenvalue weighted by atomic mass is 32.1. The molecule has 0 unspecified atom stereocenters. The van der Waals surface area contributed by atoms with Gasteiger partial charge in [-0.2, -0.15) is 0 Å². The lowest BCUT2D eigenvalue weighted by molar-refractivity contribution is 0.243. The average Bonchev–Trinajstić information content (AvgIpc) is 3.16. The maximum atomic E-state index is 12.5. The number of rotatable bonds is 5. The van der Waals surface area contributed by atoms with Crippen molar-refractivity contribution < 1.29 is 4.74 Å². The van der Waals surface area contributed by atoms with Crippen LogP contribution in [-0.4, -0.2) is 33.5 Å². The Morgan fingerprint density at radius 1 is 1.29 bits per heavy atom. The first-order valence-corrected chi connectivity index (χ1v) is 10.3. The number of nitrogens with one attached hydrogen (secondary N) is 1. The van der Waals surface area contributed by atoms with Gasteiger partial charge in [0.15, 0.2) is 0 Å². The molecule has 0 amide bonds. The minimum atomic E-state index is 0.00151. The molecular formula is C21H24N4O2S. The third-order valence-corrected chi connectivity index (χ3v) is 6.01. The van der Waals surface area contributed by atoms with E-state index in [-0.39, 0.29) is 11.5 Å². The molecule has 0 radical (unpaired) electrons. The largest absolute Gasteiger partial charge is 0.497 e. The lowest BCUT2D eigenvalue weighted by Gasteiger charge is -2.27. The van der Waals surface area contributed by atoms with Gasteiger partial charge in [0.2, 0.25) is 0 Å². The number of aromatic nitrogens is 3. The molecule has 146 valence electrons. The summed E-state index contributed by atoms with van der Waals surface area (Å²) in [5, 5.41) is 0.996. The number of benzene rings is 1. The molecular weight excluding hydrogens is 372 g/mol. The van der Waals surface area contributed by atoms with Gasteiger partial charge in [0, 0.05) is 48.6 Å². The maximum Gasteiger partial charge on any atom is 0.255 e. The molecule has 0 saturated heterocycles. The first-order chi connectivity index (χ1) is 13.5. The molecule has 0 fully saturated rings. The third kappa shape index (κ3) is 3.86. The van der Waals surface area contributed by atoms with E-state index in [0.717, 1.165) is 52.9 Å². The number of H-pyrrole nitrogens is 1. The summed E-state index contributed by atoms with van der Waals surface area (Å²) >= 11 is 1.69. The second-order valence-electron chi connectivity index (χ2n) is 7.35. The van der Waals surface area contributed by atoms with Crippen LogP contribution in [0.3, 0.4) is 0 Å². The molecule has 0 bridgehead atoms. The summed E-state index contributed by atoms with van der Waals surface area (Å²) in [6, 6.07) is 7.94. The number of thiazole rings is 1. The maximum absolute atomic E-state index is 12.5. The summed E-state index contributed by atoms with van der Waals surface area (Å²) in [5.74, 6) is 1.85. The number of nitrogens with zero attached hydrogens (tertiary/aromatic N) is 3. The topological polar surface area (TPSA) is 71.1 Å². The summed E-state index contributed by atoms with van der Waals surface area (Å²) in [7, 11) is 1.66. The van der Waals surface area contributed by atoms with Crippen LogP contribution in [-0.2, 0) is 19.5 Å². The Kier molecular flexibility index (Phi) is 5.28. The van der Waals surface area contributed by atoms with Crippen molar-refractivity contribution in [3.05, 3.63) is 62.8 Å². The van der Waals surface area contributed by atoms with Crippen LogP contribution in [0.4, 0.5) is 0 Å². The van der Waals surface area contributed by atoms with Gasteiger partial charge < -0.3 is 9.72 Å². The third-order valence-electron chi connectivity index (χ3n) is 4.98. The number of hydrogen-bond donors (Lipinski definition) is 1. The van der Waals surface area contributed by atoms with Gasteiger partial charge in [-0.3, -0.25) is 9.69 Å². The van der Waals surface area contributed by atoms with Crippen LogP contribution in [0.25, 0.3) is 10.6 Å². The molecule has 6 nitrogen and oxygen atoms in total. The zero-order chi connectivity index (χ0) is 19.7. The van der Waals surface area contributed by atoms with Crippen molar-refractivity contribution in [1.82, 2.24) is 19.9 Å². The van der Waals surface area contributed by atoms with E-state index in [1.807, 2.05) is 44.3 Å². The molecule has 0 spiro atoms. The van der Waals surface area contributed by atoms with Crippen molar-refractivity contribution in [2.45, 2.75) is 39.3 Å². The predicted octanol–water partition coefficient (Wildman–Crippen LogP) is 3.58. The van der Waals surface area contributed by atoms with E-state index in [1.165, 1.54) is 4.88 Å². The predicted molar refractivity (Wildman–Crippen MR) is 111 cm³/mol. The van der Waals surface area contributed by atoms with Crippen LogP contribution < -0.4 is 10.3 Å². The van der Waals surface area contributed by atoms with E-state index < -0.39 is 0 Å². The van der Waals surface area contributed by atoms with Crippen LogP contribution in [0.5, 0.6) is 5.75 Å². The highest BCUT2D eigenvalue weighted by Gasteiger charge is 2.22. The normalized spacial score (nSPS) is 14.3. The van der Waals surface area contributed by atoms with Crippen LogP contribution in [0.1, 0.15) is 41.7 Å². The number of fused-ring (bicyclic) bond motifs is 1. The minimum Gasteiger partial charge on any atom is -0.497 e. The number of ether oxygens (including phenoxy) is 1. The molecule has 1 aliphatic rings. The van der Waals surface area contributed by atoms with Crippen molar-refractivity contribution in [2.75, 3.05) is 13.7 Å². The standard InChI is InChI=1S/C21H24N4O2S/c1-13(2)19-23-18-8-9-25(12-17(18)20(26)24-19)11-16-10-22-21(28-16)14-4-6-15(27-3)7-5-14/h4-7,10,13H,8-9,11-12H2,1-3H3,(H,23,24,26). The van der Waals surface area contributed by atoms with Crippen molar-refractivity contribution in [2.24, 2.45) is 0 Å². The van der Waals surface area contributed by atoms with E-state index in [2.05, 4.69) is 19.9 Å². The van der Waals surface area contributed by atoms with Gasteiger partial charge in [0.25, 0.3) is 5.56 Å². The van der Waals surface area contributed by atoms with Gasteiger partial charge in [-0.05, 0) is 24.3 Å². The first kappa shape index (κ1) is 18.8. The highest BCUT2D eigenvalue weighted by molar-refractivity contribution is 7.15. The molecule has 1 N–H and O–H groups in total. The fourth-order valence-electron chi connectivity index (χ4n) is 3.38. The van der Waals surface area contributed by atoms with Gasteiger partial charge in [-0.1, -0.05) is 13.8 Å². The number of aromatic amines is 1. The van der Waals surface area contributed by atoms with Crippen molar-refractivity contribution >= 4 is 11.3 Å². The first-order valence-electron chi connectivity index (χ1n) is 9.47. The van der Waals surface area contributed by atoms with Gasteiger partial charge in [0.05, 0.1) is 18.4 Å². The van der Waals surface area contributed by atoms with Gasteiger partial charge >= 0.3 is 0 Å². The Labute approximate surface area is 168 Å². The average molecular weight is 397 g/mol. The molecule has 0 atom stereocenters. The van der Waals surface area contributed by atoms with Gasteiger partial charge in [-0.25, -0.2) is 9.97 Å². The molecule has 0 saturated carbocycles. The van der Waals surface area contributed by atoms with Crippen molar-refractivity contribution in [3.8, 4) is 16.3 Å². The lowest BCUT2D eigenvalue weighted by atomic mass is 10.1. The van der Waals surface area contributed by atoms with E-state index >= 15 is 0 Å². The molecule has 3 aromatic rings. The van der Waals surface area contributed by atoms with E-state index in [1.54, 1.807) is 18.4 Å². The van der Waals surface area contributed by atoms with E-state index in [4.69, 9.17) is 4.74 Å². The van der Waals surface area contributed by atoms with Crippen LogP contribution in [0, 0.1) is 0 Å². The Morgan fingerprint density at radius 2 is 2.07 bits per heavy atom. The highest BCUT2D eigenvalue weighted by Crippen LogP contribution is 2.28. The number of hydrogen-bond acceptors (Lipinski definition) is 6. The summed E-state index contributed by atoms with van der Waals surface area (Å²) < 4.78 is 5.21. The fraction of sp³-hybridized carbons (Fsp3) is 0.381. The quantitative estimate of drug-likeness (QED) is 0.714. The molecule has 2 aromatic heterocycles. The summed E-state index contributed by atoms with van der Waals surface area (Å²) in [5.41, 5.74) is 2.84. The van der Waals surface area contributed by atoms with Crippen molar-refractivity contribution in [3.63, 3.8) is 0 Å². The molecule has 4 rings (SSSR count). The molecule has 1 aromatic carbocycles. The molecule has 1 aliphatic heterocycles. The molecule has 3 heterocycles. The van der Waals surface area contributed by atoms with E-state index in [9.17, 15) is 4.79 Å². The fourth-order valence-corrected chi connectivity index (χ4v) is 4.34. The zero-order valence-corrected chi connectivity index (χ0v) is 17.2. The molecule has 0 aliphatic carbocycles. The lowest BCUT2D eigenvalue weighted by Crippen LogP contribution is -2.35. The van der Waals surface area contributed by atoms with Crippen LogP contribution >= 0.6 is 11.3 Å². The Morgan fingerprint density at radius 3 is 2.79 bits per heavy atom. The van der Waals surface area contributed by atoms with Crippen LogP contribution in [0.15, 0.2) is 35.3 Å². The van der Waals surface area contributed by atoms with E-state index in [0.29, 0.717) is 6.54 Å². The minimum absolute atomic E-state index is 0.00151. The SMILES string of the molecule is COc1ccc(-c2ncc(CN3CCc4nc(C(C)C)[nH]c(=O)c4C3)s2)cc1. The smallest absolute Gasteiger partial charge is 0.255 e.